The van der Waals surface area contributed by atoms with Crippen molar-refractivity contribution in [2.75, 3.05) is 13.2 Å². The predicted molar refractivity (Wildman–Crippen MR) is 401 cm³/mol. The number of hydrogen-bond acceptors (Lipinski definition) is 1. The van der Waals surface area contributed by atoms with Crippen molar-refractivity contribution in [3.8, 4) is 0 Å². The van der Waals surface area contributed by atoms with Gasteiger partial charge in [-0.05, 0) is 186 Å². The van der Waals surface area contributed by atoms with Gasteiger partial charge in [0, 0.05) is 0 Å². The molecule has 0 aromatic heterocycles. The molecule has 0 radical (unpaired) electrons. The molecule has 6 rings (SSSR count). The maximum absolute atomic E-state index is 6.11. The van der Waals surface area contributed by atoms with E-state index in [2.05, 4.69) is 228 Å². The van der Waals surface area contributed by atoms with E-state index >= 15 is 0 Å². The molecule has 2 unspecified atom stereocenters. The SMILES string of the molecule is CC12CC3CC(C1)CC(C)(C3)C2.CC1CCC(C)CC1.CCC(C)(C)CC.CCC(C)CC.CCC(C)CC.CCC(CC)(CC)CC.CCC(CC)(CC)CC.CCC(CC)(CC)COCC(CC)(CC)CC.CCC1(C)CC(C)CC(C)(C)C1. The zero-order valence-corrected chi connectivity index (χ0v) is 67.4. The fraction of sp³-hybridized carbons (Fsp3) is 1.00. The largest absolute Gasteiger partial charge is 0.380 e. The third-order valence-corrected chi connectivity index (χ3v) is 26.5. The van der Waals surface area contributed by atoms with Crippen LogP contribution in [0.5, 0.6) is 0 Å². The van der Waals surface area contributed by atoms with E-state index in [0.717, 1.165) is 65.5 Å². The average Bonchev–Trinajstić information content (AvgIpc) is 0.812. The molecule has 0 amide bonds. The zero-order valence-electron chi connectivity index (χ0n) is 67.4. The van der Waals surface area contributed by atoms with Crippen molar-refractivity contribution < 1.29 is 4.74 Å². The summed E-state index contributed by atoms with van der Waals surface area (Å²) in [7, 11) is 0. The first-order valence-corrected chi connectivity index (χ1v) is 39.6. The second-order valence-electron chi connectivity index (χ2n) is 34.1. The maximum atomic E-state index is 6.11. The van der Waals surface area contributed by atoms with E-state index in [1.807, 2.05) is 0 Å². The Bertz CT molecular complexity index is 1320. The lowest BCUT2D eigenvalue weighted by Crippen LogP contribution is -2.49. The first-order chi connectivity index (χ1) is 40.0. The molecular formula is C85H178O. The molecular weight excluding hydrogens is 1040 g/mol. The molecule has 0 saturated heterocycles. The Hall–Kier alpha value is -0.0400. The molecule has 0 aliphatic heterocycles. The minimum Gasteiger partial charge on any atom is -0.380 e. The van der Waals surface area contributed by atoms with Crippen LogP contribution < -0.4 is 0 Å². The van der Waals surface area contributed by atoms with Gasteiger partial charge in [0.05, 0.1) is 13.2 Å². The Balaban J connectivity index is -0.000000449. The van der Waals surface area contributed by atoms with E-state index in [-0.39, 0.29) is 0 Å². The summed E-state index contributed by atoms with van der Waals surface area (Å²) >= 11 is 0. The van der Waals surface area contributed by atoms with E-state index in [4.69, 9.17) is 4.74 Å². The van der Waals surface area contributed by atoms with Gasteiger partial charge in [-0.1, -0.05) is 350 Å². The predicted octanol–water partition coefficient (Wildman–Crippen LogP) is 31.1. The first kappa shape index (κ1) is 92.4. The number of rotatable bonds is 25. The molecule has 524 valence electrons. The summed E-state index contributed by atoms with van der Waals surface area (Å²) in [5, 5.41) is 0. The highest BCUT2D eigenvalue weighted by atomic mass is 16.5. The molecule has 0 heterocycles. The molecule has 0 spiro atoms. The lowest BCUT2D eigenvalue weighted by Gasteiger charge is -2.60. The lowest BCUT2D eigenvalue weighted by atomic mass is 9.45. The standard InChI is InChI=1S/C16H34O.C12H20.C12H24.2C9H20.C8H16.C7H16.2C6H14/c1-7-15(8-2,9-3)13-17-14-16(10-4,11-5)12-6;1-11-4-9-3-10(5-11)7-12(2,6-9)8-11;1-6-12(5)8-10(2)7-11(3,4)9-12;2*1-5-9(6-2,7-3)8-4;1-7-3-5-8(2)6-4-7;1-5-7(3,4)6-2;2*1-4-6(3)5-2/h7-14H2,1-6H3;9-10H,3-8H2,1-2H3;10H,6-9H2,1-5H3;2*5-8H2,1-4H3;7-8H,3-6H2,1-2H3;5-6H2,1-4H3;2*6H,4-5H2,1-3H3. The Morgan fingerprint density at radius 1 is 0.349 bits per heavy atom. The van der Waals surface area contributed by atoms with Gasteiger partial charge in [0.15, 0.2) is 0 Å². The topological polar surface area (TPSA) is 9.23 Å². The minimum atomic E-state index is 0.418. The first-order valence-electron chi connectivity index (χ1n) is 39.6. The Kier molecular flexibility index (Phi) is 51.3. The zero-order chi connectivity index (χ0) is 67.7. The van der Waals surface area contributed by atoms with Crippen LogP contribution in [0.3, 0.4) is 0 Å². The van der Waals surface area contributed by atoms with Crippen LogP contribution in [0.1, 0.15) is 447 Å². The Labute approximate surface area is 552 Å². The molecule has 1 nitrogen and oxygen atoms in total. The van der Waals surface area contributed by atoms with E-state index in [1.165, 1.54) is 186 Å². The van der Waals surface area contributed by atoms with Crippen molar-refractivity contribution >= 4 is 0 Å². The van der Waals surface area contributed by atoms with Crippen LogP contribution in [0.15, 0.2) is 0 Å². The maximum Gasteiger partial charge on any atom is 0.0522 e. The van der Waals surface area contributed by atoms with Crippen LogP contribution in [0.2, 0.25) is 0 Å². The van der Waals surface area contributed by atoms with E-state index in [1.54, 1.807) is 32.1 Å². The van der Waals surface area contributed by atoms with Crippen LogP contribution in [0, 0.1) is 90.2 Å². The van der Waals surface area contributed by atoms with Gasteiger partial charge >= 0.3 is 0 Å². The molecule has 0 aromatic rings. The van der Waals surface area contributed by atoms with Crippen molar-refractivity contribution in [1.82, 2.24) is 0 Å². The summed E-state index contributed by atoms with van der Waals surface area (Å²) in [6.45, 7) is 78.5. The molecule has 86 heavy (non-hydrogen) atoms. The van der Waals surface area contributed by atoms with Gasteiger partial charge in [0.1, 0.15) is 0 Å². The van der Waals surface area contributed by atoms with Crippen LogP contribution in [-0.4, -0.2) is 13.2 Å². The molecule has 1 heteroatoms. The molecule has 0 aromatic carbocycles. The highest BCUT2D eigenvalue weighted by Crippen LogP contribution is 2.65. The third kappa shape index (κ3) is 38.2. The molecule has 0 N–H and O–H groups in total. The van der Waals surface area contributed by atoms with Crippen LogP contribution in [-0.2, 0) is 4.74 Å². The summed E-state index contributed by atoms with van der Waals surface area (Å²) in [5.74, 6) is 7.06. The number of ether oxygens (including phenoxy) is 1. The summed E-state index contributed by atoms with van der Waals surface area (Å²) in [4.78, 5) is 0. The molecule has 2 atom stereocenters. The third-order valence-electron chi connectivity index (χ3n) is 26.5. The quantitative estimate of drug-likeness (QED) is 0.0885. The van der Waals surface area contributed by atoms with Crippen LogP contribution in [0.25, 0.3) is 0 Å². The Morgan fingerprint density at radius 2 is 0.616 bits per heavy atom. The van der Waals surface area contributed by atoms with Gasteiger partial charge in [0.2, 0.25) is 0 Å². The van der Waals surface area contributed by atoms with Crippen LogP contribution in [0.4, 0.5) is 0 Å². The van der Waals surface area contributed by atoms with E-state index < -0.39 is 0 Å². The fourth-order valence-corrected chi connectivity index (χ4v) is 16.5. The monoisotopic (exact) mass is 1220 g/mol. The molecule has 6 fully saturated rings. The summed E-state index contributed by atoms with van der Waals surface area (Å²) in [5.41, 5.74) is 5.49. The van der Waals surface area contributed by atoms with E-state index in [9.17, 15) is 0 Å². The summed E-state index contributed by atoms with van der Waals surface area (Å²) in [6.07, 6.45) is 46.9. The molecule has 4 bridgehead atoms. The van der Waals surface area contributed by atoms with Crippen molar-refractivity contribution in [1.29, 1.82) is 0 Å². The van der Waals surface area contributed by atoms with E-state index in [0.29, 0.717) is 37.9 Å². The fourth-order valence-electron chi connectivity index (χ4n) is 16.5. The summed E-state index contributed by atoms with van der Waals surface area (Å²) in [6, 6.07) is 0. The summed E-state index contributed by atoms with van der Waals surface area (Å²) < 4.78 is 6.11. The van der Waals surface area contributed by atoms with Crippen molar-refractivity contribution in [3.05, 3.63) is 0 Å². The van der Waals surface area contributed by atoms with Crippen LogP contribution >= 0.6 is 0 Å². The smallest absolute Gasteiger partial charge is 0.0522 e. The minimum absolute atomic E-state index is 0.418. The lowest BCUT2D eigenvalue weighted by molar-refractivity contribution is -0.0920. The highest BCUT2D eigenvalue weighted by molar-refractivity contribution is 5.04. The van der Waals surface area contributed by atoms with Gasteiger partial charge in [-0.3, -0.25) is 0 Å². The van der Waals surface area contributed by atoms with Crippen molar-refractivity contribution in [2.45, 2.75) is 447 Å². The normalized spacial score (nSPS) is 25.6. The second kappa shape index (κ2) is 47.8. The molecule has 6 saturated carbocycles. The van der Waals surface area contributed by atoms with Gasteiger partial charge in [-0.25, -0.2) is 0 Å². The van der Waals surface area contributed by atoms with Gasteiger partial charge in [0.25, 0.3) is 0 Å². The van der Waals surface area contributed by atoms with Crippen molar-refractivity contribution in [3.63, 3.8) is 0 Å². The highest BCUT2D eigenvalue weighted by Gasteiger charge is 2.53. The Morgan fingerprint density at radius 3 is 0.779 bits per heavy atom. The number of hydrogen-bond donors (Lipinski definition) is 0. The van der Waals surface area contributed by atoms with Gasteiger partial charge in [-0.15, -0.1) is 0 Å². The van der Waals surface area contributed by atoms with Crippen molar-refractivity contribution in [2.24, 2.45) is 90.2 Å². The van der Waals surface area contributed by atoms with Gasteiger partial charge < -0.3 is 4.74 Å². The molecule has 6 aliphatic carbocycles. The molecule has 6 aliphatic rings. The average molecular weight is 1220 g/mol. The second-order valence-corrected chi connectivity index (χ2v) is 34.1. The van der Waals surface area contributed by atoms with Gasteiger partial charge in [-0.2, -0.15) is 0 Å².